The van der Waals surface area contributed by atoms with E-state index in [1.807, 2.05) is 36.4 Å². The smallest absolute Gasteiger partial charge is 0.243 e. The zero-order valence-electron chi connectivity index (χ0n) is 21.4. The minimum Gasteiger partial charge on any atom is -0.494 e. The number of nitrogens with zero attached hydrogens (tertiary/aromatic N) is 6. The molecule has 0 N–H and O–H groups in total. The van der Waals surface area contributed by atoms with Gasteiger partial charge in [0.1, 0.15) is 5.75 Å². The summed E-state index contributed by atoms with van der Waals surface area (Å²) < 4.78 is 34.9. The number of unbranched alkanes of at least 4 members (excludes halogenated alkanes) is 1. The van der Waals surface area contributed by atoms with Gasteiger partial charge in [0.05, 0.1) is 35.6 Å². The summed E-state index contributed by atoms with van der Waals surface area (Å²) in [5, 5.41) is 8.34. The van der Waals surface area contributed by atoms with Gasteiger partial charge >= 0.3 is 0 Å². The molecule has 194 valence electrons. The Bertz CT molecular complexity index is 1200. The molecule has 0 atom stereocenters. The average molecular weight is 513 g/mol. The molecule has 4 rings (SSSR count). The first-order chi connectivity index (χ1) is 17.3. The summed E-state index contributed by atoms with van der Waals surface area (Å²) in [4.78, 5) is 4.99. The second-order valence-corrected chi connectivity index (χ2v) is 11.4. The molecule has 10 heteroatoms. The van der Waals surface area contributed by atoms with E-state index in [1.165, 1.54) is 4.31 Å². The Hall–Kier alpha value is -2.79. The number of aromatic nitrogens is 3. The van der Waals surface area contributed by atoms with Crippen LogP contribution in [0, 0.1) is 0 Å². The van der Waals surface area contributed by atoms with Gasteiger partial charge in [0.2, 0.25) is 10.0 Å². The molecule has 2 heterocycles. The predicted octanol–water partition coefficient (Wildman–Crippen LogP) is 3.01. The molecule has 2 aromatic carbocycles. The molecular formula is C26H36N6O3S. The van der Waals surface area contributed by atoms with E-state index < -0.39 is 10.0 Å². The molecular weight excluding hydrogens is 476 g/mol. The Balaban J connectivity index is 1.35. The van der Waals surface area contributed by atoms with E-state index in [0.29, 0.717) is 12.3 Å². The van der Waals surface area contributed by atoms with Gasteiger partial charge in [-0.15, -0.1) is 5.10 Å². The topological polar surface area (TPSA) is 83.8 Å². The van der Waals surface area contributed by atoms with Crippen LogP contribution >= 0.6 is 0 Å². The number of sulfonamides is 1. The van der Waals surface area contributed by atoms with Crippen LogP contribution in [0.15, 0.2) is 59.6 Å². The molecule has 1 aromatic heterocycles. The van der Waals surface area contributed by atoms with Crippen molar-refractivity contribution in [1.29, 1.82) is 0 Å². The highest BCUT2D eigenvalue weighted by Crippen LogP contribution is 2.19. The van der Waals surface area contributed by atoms with Gasteiger partial charge in [0, 0.05) is 39.8 Å². The van der Waals surface area contributed by atoms with Crippen molar-refractivity contribution in [3.8, 4) is 11.4 Å². The zero-order chi connectivity index (χ0) is 25.5. The van der Waals surface area contributed by atoms with Gasteiger partial charge in [-0.3, -0.25) is 4.90 Å². The molecule has 0 aliphatic carbocycles. The second-order valence-electron chi connectivity index (χ2n) is 9.33. The Morgan fingerprint density at radius 2 is 1.69 bits per heavy atom. The van der Waals surface area contributed by atoms with Gasteiger partial charge in [0.25, 0.3) is 0 Å². The number of rotatable bonds is 11. The summed E-state index contributed by atoms with van der Waals surface area (Å²) in [5.74, 6) is 0.813. The van der Waals surface area contributed by atoms with Crippen LogP contribution in [0.25, 0.3) is 5.69 Å². The quantitative estimate of drug-likeness (QED) is 0.365. The van der Waals surface area contributed by atoms with Crippen molar-refractivity contribution >= 4 is 10.0 Å². The van der Waals surface area contributed by atoms with E-state index in [-0.39, 0.29) is 11.4 Å². The van der Waals surface area contributed by atoms with Crippen molar-refractivity contribution in [2.45, 2.75) is 37.8 Å². The molecule has 0 amide bonds. The molecule has 1 fully saturated rings. The number of piperazine rings is 1. The van der Waals surface area contributed by atoms with Crippen molar-refractivity contribution < 1.29 is 13.2 Å². The Kier molecular flexibility index (Phi) is 8.73. The Morgan fingerprint density at radius 3 is 2.36 bits per heavy atom. The van der Waals surface area contributed by atoms with E-state index in [9.17, 15) is 8.42 Å². The molecule has 0 saturated carbocycles. The van der Waals surface area contributed by atoms with Crippen molar-refractivity contribution in [2.75, 3.05) is 46.9 Å². The monoisotopic (exact) mass is 512 g/mol. The molecule has 1 aliphatic heterocycles. The van der Waals surface area contributed by atoms with Crippen molar-refractivity contribution in [3.63, 3.8) is 0 Å². The van der Waals surface area contributed by atoms with Crippen molar-refractivity contribution in [3.05, 3.63) is 66.0 Å². The average Bonchev–Trinajstić information content (AvgIpc) is 3.35. The number of benzene rings is 2. The first-order valence-electron chi connectivity index (χ1n) is 12.5. The van der Waals surface area contributed by atoms with Crippen molar-refractivity contribution in [2.24, 2.45) is 0 Å². The molecule has 1 aliphatic rings. The van der Waals surface area contributed by atoms with E-state index in [4.69, 9.17) is 4.74 Å². The third-order valence-corrected chi connectivity index (χ3v) is 8.24. The van der Waals surface area contributed by atoms with Crippen LogP contribution in [0.4, 0.5) is 0 Å². The van der Waals surface area contributed by atoms with E-state index in [2.05, 4.69) is 34.1 Å². The number of ether oxygens (including phenoxy) is 1. The summed E-state index contributed by atoms with van der Waals surface area (Å²) in [7, 11) is 0.0523. The van der Waals surface area contributed by atoms with Crippen LogP contribution in [0.5, 0.6) is 5.75 Å². The van der Waals surface area contributed by atoms with Gasteiger partial charge in [-0.1, -0.05) is 30.7 Å². The highest BCUT2D eigenvalue weighted by Gasteiger charge is 2.22. The highest BCUT2D eigenvalue weighted by molar-refractivity contribution is 7.89. The zero-order valence-corrected chi connectivity index (χ0v) is 22.2. The molecule has 0 spiro atoms. The normalized spacial score (nSPS) is 15.4. The number of hydrogen-bond acceptors (Lipinski definition) is 7. The predicted molar refractivity (Wildman–Crippen MR) is 140 cm³/mol. The fraction of sp³-hybridized carbons (Fsp3) is 0.462. The third-order valence-electron chi connectivity index (χ3n) is 6.43. The molecule has 0 unspecified atom stereocenters. The summed E-state index contributed by atoms with van der Waals surface area (Å²) in [6.07, 6.45) is 3.86. The maximum atomic E-state index is 13.1. The van der Waals surface area contributed by atoms with Crippen LogP contribution in [0.2, 0.25) is 0 Å². The largest absolute Gasteiger partial charge is 0.494 e. The van der Waals surface area contributed by atoms with Crippen LogP contribution in [0.3, 0.4) is 0 Å². The maximum Gasteiger partial charge on any atom is 0.243 e. The minimum atomic E-state index is -3.65. The van der Waals surface area contributed by atoms with E-state index >= 15 is 0 Å². The fourth-order valence-electron chi connectivity index (χ4n) is 4.05. The van der Waals surface area contributed by atoms with E-state index in [1.54, 1.807) is 30.1 Å². The van der Waals surface area contributed by atoms with E-state index in [0.717, 1.165) is 62.6 Å². The summed E-state index contributed by atoms with van der Waals surface area (Å²) in [6.45, 7) is 7.95. The lowest BCUT2D eigenvalue weighted by Crippen LogP contribution is -2.43. The van der Waals surface area contributed by atoms with Crippen molar-refractivity contribution in [1.82, 2.24) is 29.1 Å². The molecule has 9 nitrogen and oxygen atoms in total. The minimum absolute atomic E-state index is 0.129. The summed E-state index contributed by atoms with van der Waals surface area (Å²) >= 11 is 0. The fourth-order valence-corrected chi connectivity index (χ4v) is 5.19. The van der Waals surface area contributed by atoms with Crippen LogP contribution in [0.1, 0.15) is 31.0 Å². The van der Waals surface area contributed by atoms with Crippen LogP contribution in [-0.4, -0.2) is 84.4 Å². The van der Waals surface area contributed by atoms with Crippen LogP contribution in [-0.2, 0) is 23.1 Å². The maximum absolute atomic E-state index is 13.1. The van der Waals surface area contributed by atoms with Gasteiger partial charge in [-0.05, 0) is 55.4 Å². The van der Waals surface area contributed by atoms with Gasteiger partial charge in [-0.25, -0.2) is 13.1 Å². The molecule has 0 radical (unpaired) electrons. The second kappa shape index (κ2) is 12.0. The van der Waals surface area contributed by atoms with Gasteiger partial charge < -0.3 is 9.64 Å². The highest BCUT2D eigenvalue weighted by atomic mass is 32.2. The lowest BCUT2D eigenvalue weighted by Gasteiger charge is -2.32. The molecule has 3 aromatic rings. The first kappa shape index (κ1) is 26.3. The Morgan fingerprint density at radius 1 is 1.00 bits per heavy atom. The summed E-state index contributed by atoms with van der Waals surface area (Å²) in [6, 6.07) is 14.8. The summed E-state index contributed by atoms with van der Waals surface area (Å²) in [5.41, 5.74) is 2.51. The lowest BCUT2D eigenvalue weighted by atomic mass is 10.2. The third kappa shape index (κ3) is 6.70. The SMILES string of the molecule is CCCCOc1ccc(-n2cc(CN(C)S(=O)(=O)c3ccc(CN4CCN(C)CC4)cc3)nn2)cc1. The van der Waals surface area contributed by atoms with Crippen LogP contribution < -0.4 is 4.74 Å². The number of hydrogen-bond donors (Lipinski definition) is 0. The lowest BCUT2D eigenvalue weighted by molar-refractivity contribution is 0.148. The standard InChI is InChI=1S/C26H36N6O3S/c1-4-5-18-35-25-10-8-24(9-11-25)32-21-23(27-28-32)20-30(3)36(33,34)26-12-6-22(7-13-26)19-31-16-14-29(2)15-17-31/h6-13,21H,4-5,14-20H2,1-3H3. The first-order valence-corrected chi connectivity index (χ1v) is 13.9. The number of likely N-dealkylation sites (N-methyl/N-ethyl adjacent to an activating group) is 1. The van der Waals surface area contributed by atoms with Gasteiger partial charge in [-0.2, -0.15) is 4.31 Å². The Labute approximate surface area is 214 Å². The molecule has 36 heavy (non-hydrogen) atoms. The molecule has 0 bridgehead atoms. The molecule has 1 saturated heterocycles. The van der Waals surface area contributed by atoms with Gasteiger partial charge in [0.15, 0.2) is 0 Å².